The van der Waals surface area contributed by atoms with Crippen LogP contribution in [0.25, 0.3) is 0 Å². The number of hydrogen-bond acceptors (Lipinski definition) is 12. The molecule has 0 N–H and O–H groups in total. The summed E-state index contributed by atoms with van der Waals surface area (Å²) < 4.78 is 43.0. The van der Waals surface area contributed by atoms with E-state index in [4.69, 9.17) is 23.7 Å². The highest BCUT2D eigenvalue weighted by molar-refractivity contribution is 5.99. The highest BCUT2D eigenvalue weighted by Gasteiger charge is 2.39. The molecule has 3 atom stereocenters. The zero-order valence-corrected chi connectivity index (χ0v) is 25.6. The van der Waals surface area contributed by atoms with Crippen LogP contribution in [0.1, 0.15) is 52.8 Å². The number of aromatic nitrogens is 3. The minimum atomic E-state index is -1.52. The first-order chi connectivity index (χ1) is 23.0. The maximum absolute atomic E-state index is 15.0. The number of pyridine rings is 1. The van der Waals surface area contributed by atoms with E-state index >= 15 is 4.39 Å². The van der Waals surface area contributed by atoms with Crippen LogP contribution in [0.2, 0.25) is 0 Å². The zero-order valence-electron chi connectivity index (χ0n) is 25.6. The van der Waals surface area contributed by atoms with Crippen molar-refractivity contribution in [3.63, 3.8) is 0 Å². The molecule has 0 bridgehead atoms. The molecule has 48 heavy (non-hydrogen) atoms. The van der Waals surface area contributed by atoms with Crippen LogP contribution in [0.4, 0.5) is 4.39 Å². The number of hydrogen-bond donors (Lipinski definition) is 0. The predicted molar refractivity (Wildman–Crippen MR) is 162 cm³/mol. The molecule has 1 saturated heterocycles. The number of ether oxygens (including phenoxy) is 5. The van der Waals surface area contributed by atoms with Gasteiger partial charge in [0, 0.05) is 38.1 Å². The Morgan fingerprint density at radius 1 is 0.938 bits per heavy atom. The molecule has 0 spiro atoms. The van der Waals surface area contributed by atoms with Crippen LogP contribution >= 0.6 is 0 Å². The first kappa shape index (κ1) is 33.6. The van der Waals surface area contributed by atoms with Gasteiger partial charge in [-0.25, -0.2) is 14.6 Å². The Bertz CT molecular complexity index is 1980. The SMILES string of the molecule is CC(=O)OC[C@H]1O[C@@H](n2cc(F)c(=O)n(C(=O)c3cccc(C(=O)Oc4cc(OC(C)=O)ccn4)c3)c2=O)C[C@@H]1OCc1ccccc1. The third-order valence-electron chi connectivity index (χ3n) is 7.03. The standard InChI is InChI=1S/C33H28FN3O11/c1-19(38)44-18-27-26(45-17-21-7-4-3-5-8-21)15-29(47-27)36-16-25(34)31(41)37(33(36)43)30(40)22-9-6-10-23(13-22)32(42)48-28-14-24(11-12-35-28)46-20(2)39/h3-14,16,26-27,29H,15,17-18H2,1-2H3/t26-,27+,29+/m0/s1. The van der Waals surface area contributed by atoms with Gasteiger partial charge in [0.2, 0.25) is 11.7 Å². The summed E-state index contributed by atoms with van der Waals surface area (Å²) in [5, 5.41) is 0. The van der Waals surface area contributed by atoms with Gasteiger partial charge in [0.25, 0.3) is 11.5 Å². The third-order valence-corrected chi connectivity index (χ3v) is 7.03. The maximum atomic E-state index is 15.0. The van der Waals surface area contributed by atoms with Gasteiger partial charge in [-0.2, -0.15) is 8.96 Å². The molecule has 1 fully saturated rings. The van der Waals surface area contributed by atoms with Gasteiger partial charge in [-0.3, -0.25) is 23.7 Å². The Kier molecular flexibility index (Phi) is 10.3. The van der Waals surface area contributed by atoms with Crippen LogP contribution in [-0.2, 0) is 30.4 Å². The molecule has 2 aromatic carbocycles. The second-order valence-electron chi connectivity index (χ2n) is 10.5. The van der Waals surface area contributed by atoms with Crippen LogP contribution in [0.3, 0.4) is 0 Å². The van der Waals surface area contributed by atoms with Gasteiger partial charge in [0.15, 0.2) is 0 Å². The average Bonchev–Trinajstić information content (AvgIpc) is 3.47. The molecule has 4 aromatic rings. The topological polar surface area (TPSA) is 171 Å². The van der Waals surface area contributed by atoms with Crippen molar-refractivity contribution in [3.8, 4) is 11.6 Å². The lowest BCUT2D eigenvalue weighted by molar-refractivity contribution is -0.148. The zero-order chi connectivity index (χ0) is 34.4. The fourth-order valence-corrected chi connectivity index (χ4v) is 4.84. The molecule has 0 saturated carbocycles. The van der Waals surface area contributed by atoms with Gasteiger partial charge in [-0.05, 0) is 29.8 Å². The first-order valence-corrected chi connectivity index (χ1v) is 14.5. The largest absolute Gasteiger partial charge is 0.463 e. The van der Waals surface area contributed by atoms with E-state index < -0.39 is 59.3 Å². The van der Waals surface area contributed by atoms with Gasteiger partial charge in [0.1, 0.15) is 24.7 Å². The Morgan fingerprint density at radius 3 is 2.42 bits per heavy atom. The van der Waals surface area contributed by atoms with Crippen molar-refractivity contribution >= 4 is 23.8 Å². The molecule has 0 aliphatic carbocycles. The van der Waals surface area contributed by atoms with Crippen molar-refractivity contribution in [2.75, 3.05) is 6.61 Å². The third kappa shape index (κ3) is 7.94. The second-order valence-corrected chi connectivity index (χ2v) is 10.5. The van der Waals surface area contributed by atoms with E-state index in [1.165, 1.54) is 50.4 Å². The number of nitrogens with zero attached hydrogens (tertiary/aromatic N) is 3. The van der Waals surface area contributed by atoms with Gasteiger partial charge in [-0.1, -0.05) is 36.4 Å². The number of rotatable bonds is 10. The van der Waals surface area contributed by atoms with Crippen LogP contribution in [0.5, 0.6) is 11.6 Å². The van der Waals surface area contributed by atoms with E-state index in [0.29, 0.717) is 6.20 Å². The van der Waals surface area contributed by atoms with E-state index in [1.54, 1.807) is 0 Å². The fourth-order valence-electron chi connectivity index (χ4n) is 4.84. The summed E-state index contributed by atoms with van der Waals surface area (Å²) in [6, 6.07) is 16.6. The normalized spacial score (nSPS) is 17.0. The Balaban J connectivity index is 1.39. The predicted octanol–water partition coefficient (Wildman–Crippen LogP) is 2.81. The molecule has 3 heterocycles. The molecular formula is C33H28FN3O11. The van der Waals surface area contributed by atoms with Crippen LogP contribution in [0, 0.1) is 5.82 Å². The van der Waals surface area contributed by atoms with Crippen LogP contribution in [0.15, 0.2) is 88.7 Å². The summed E-state index contributed by atoms with van der Waals surface area (Å²) in [5.41, 5.74) is -2.38. The van der Waals surface area contributed by atoms with Crippen molar-refractivity contribution in [2.24, 2.45) is 0 Å². The molecule has 5 rings (SSSR count). The van der Waals surface area contributed by atoms with Crippen molar-refractivity contribution in [2.45, 2.75) is 45.3 Å². The number of benzene rings is 2. The first-order valence-electron chi connectivity index (χ1n) is 14.5. The summed E-state index contributed by atoms with van der Waals surface area (Å²) in [4.78, 5) is 79.3. The lowest BCUT2D eigenvalue weighted by Gasteiger charge is -2.18. The van der Waals surface area contributed by atoms with E-state index in [9.17, 15) is 28.8 Å². The van der Waals surface area contributed by atoms with E-state index in [0.717, 1.165) is 16.2 Å². The molecule has 14 nitrogen and oxygen atoms in total. The fraction of sp³-hybridized carbons (Fsp3) is 0.242. The van der Waals surface area contributed by atoms with E-state index in [1.807, 2.05) is 30.3 Å². The molecule has 0 radical (unpaired) electrons. The van der Waals surface area contributed by atoms with Crippen molar-refractivity contribution in [3.05, 3.63) is 122 Å². The smallest absolute Gasteiger partial charge is 0.344 e. The molecule has 0 amide bonds. The van der Waals surface area contributed by atoms with Crippen LogP contribution in [-0.4, -0.2) is 56.7 Å². The summed E-state index contributed by atoms with van der Waals surface area (Å²) in [6.45, 7) is 2.33. The van der Waals surface area contributed by atoms with Crippen molar-refractivity contribution in [1.82, 2.24) is 14.1 Å². The molecule has 1 aliphatic rings. The number of halogens is 1. The number of carbonyl (C=O) groups is 4. The second kappa shape index (κ2) is 14.7. The molecule has 0 unspecified atom stereocenters. The summed E-state index contributed by atoms with van der Waals surface area (Å²) in [7, 11) is 0. The summed E-state index contributed by atoms with van der Waals surface area (Å²) >= 11 is 0. The highest BCUT2D eigenvalue weighted by atomic mass is 19.1. The molecule has 15 heteroatoms. The Labute approximate surface area is 271 Å². The van der Waals surface area contributed by atoms with Crippen molar-refractivity contribution < 1.29 is 47.3 Å². The van der Waals surface area contributed by atoms with Crippen molar-refractivity contribution in [1.29, 1.82) is 0 Å². The lowest BCUT2D eigenvalue weighted by Crippen LogP contribution is -2.46. The monoisotopic (exact) mass is 661 g/mol. The Hall–Kier alpha value is -5.80. The highest BCUT2D eigenvalue weighted by Crippen LogP contribution is 2.31. The summed E-state index contributed by atoms with van der Waals surface area (Å²) in [5.74, 6) is -4.95. The van der Waals surface area contributed by atoms with Gasteiger partial charge < -0.3 is 23.7 Å². The molecule has 248 valence electrons. The Morgan fingerprint density at radius 2 is 1.69 bits per heavy atom. The van der Waals surface area contributed by atoms with Gasteiger partial charge in [-0.15, -0.1) is 0 Å². The number of carbonyl (C=O) groups excluding carboxylic acids is 4. The maximum Gasteiger partial charge on any atom is 0.344 e. The minimum Gasteiger partial charge on any atom is -0.463 e. The molecular weight excluding hydrogens is 633 g/mol. The average molecular weight is 662 g/mol. The number of esters is 3. The minimum absolute atomic E-state index is 0.0154. The van der Waals surface area contributed by atoms with E-state index in [2.05, 4.69) is 4.98 Å². The van der Waals surface area contributed by atoms with E-state index in [-0.39, 0.29) is 47.0 Å². The molecule has 2 aromatic heterocycles. The van der Waals surface area contributed by atoms with Gasteiger partial charge >= 0.3 is 23.6 Å². The molecule has 1 aliphatic heterocycles. The van der Waals surface area contributed by atoms with Crippen LogP contribution < -0.4 is 20.7 Å². The summed E-state index contributed by atoms with van der Waals surface area (Å²) in [6.07, 6.45) is -0.922. The van der Waals surface area contributed by atoms with Gasteiger partial charge in [0.05, 0.1) is 24.5 Å². The lowest BCUT2D eigenvalue weighted by atomic mass is 10.1. The quantitative estimate of drug-likeness (QED) is 0.228.